The third-order valence-corrected chi connectivity index (χ3v) is 3.10. The minimum absolute atomic E-state index is 0.0699. The first-order valence-electron chi connectivity index (χ1n) is 3.60. The Balaban J connectivity index is 4.23. The monoisotopic (exact) mass is 203 g/mol. The number of nitrogens with zero attached hydrogens (tertiary/aromatic N) is 1. The lowest BCUT2D eigenvalue weighted by molar-refractivity contribution is -0.142. The molecule has 0 radical (unpaired) electrons. The molecule has 0 fully saturated rings. The van der Waals surface area contributed by atoms with Crippen LogP contribution in [0.15, 0.2) is 0 Å². The normalized spacial score (nSPS) is 16.7. The molecule has 2 atom stereocenters. The molecule has 0 aliphatic rings. The molecule has 0 aliphatic heterocycles. The molecular weight excluding hydrogens is 192 g/mol. The number of hydrogen-bond acceptors (Lipinski definition) is 5. The first-order valence-corrected chi connectivity index (χ1v) is 5.86. The van der Waals surface area contributed by atoms with Gasteiger partial charge in [0.2, 0.25) is 0 Å². The van der Waals surface area contributed by atoms with E-state index in [1.807, 2.05) is 0 Å². The molecule has 0 rings (SSSR count). The van der Waals surface area contributed by atoms with Crippen LogP contribution in [-0.2, 0) is 18.5 Å². The van der Waals surface area contributed by atoms with E-state index >= 15 is 0 Å². The van der Waals surface area contributed by atoms with Gasteiger partial charge < -0.3 is 9.18 Å². The van der Waals surface area contributed by atoms with Crippen LogP contribution >= 0.6 is 7.37 Å². The minimum atomic E-state index is -2.80. The molecule has 7 heteroatoms. The SMILES string of the molecule is BOP(C)(=O)CC(C#N)OC(C)=O. The lowest BCUT2D eigenvalue weighted by Gasteiger charge is -2.14. The average molecular weight is 203 g/mol. The summed E-state index contributed by atoms with van der Waals surface area (Å²) in [4.78, 5) is 10.5. The second kappa shape index (κ2) is 5.06. The Labute approximate surface area is 77.9 Å². The van der Waals surface area contributed by atoms with Crippen molar-refractivity contribution in [1.29, 1.82) is 5.26 Å². The number of carbonyl (C=O) groups excluding carboxylic acids is 1. The minimum Gasteiger partial charge on any atom is -0.447 e. The second-order valence-corrected chi connectivity index (χ2v) is 5.36. The van der Waals surface area contributed by atoms with Crippen LogP contribution in [0.1, 0.15) is 6.92 Å². The van der Waals surface area contributed by atoms with Crippen LogP contribution in [0.3, 0.4) is 0 Å². The van der Waals surface area contributed by atoms with E-state index < -0.39 is 19.4 Å². The Morgan fingerprint density at radius 2 is 2.31 bits per heavy atom. The lowest BCUT2D eigenvalue weighted by atomic mass is 10.4. The highest BCUT2D eigenvalue weighted by molar-refractivity contribution is 7.59. The molecular formula is C6H11BNO4P. The van der Waals surface area contributed by atoms with Gasteiger partial charge >= 0.3 is 5.97 Å². The highest BCUT2D eigenvalue weighted by atomic mass is 31.2. The average Bonchev–Trinajstić information content (AvgIpc) is 2.02. The predicted molar refractivity (Wildman–Crippen MR) is 49.2 cm³/mol. The van der Waals surface area contributed by atoms with E-state index in [2.05, 4.69) is 9.18 Å². The van der Waals surface area contributed by atoms with Gasteiger partial charge in [0.1, 0.15) is 6.07 Å². The van der Waals surface area contributed by atoms with Crippen molar-refractivity contribution >= 4 is 21.4 Å². The van der Waals surface area contributed by atoms with Gasteiger partial charge in [-0.3, -0.25) is 9.36 Å². The fourth-order valence-electron chi connectivity index (χ4n) is 0.681. The summed E-state index contributed by atoms with van der Waals surface area (Å²) >= 11 is 0. The molecule has 0 saturated carbocycles. The zero-order chi connectivity index (χ0) is 10.5. The van der Waals surface area contributed by atoms with E-state index in [0.717, 1.165) is 0 Å². The molecule has 0 N–H and O–H groups in total. The van der Waals surface area contributed by atoms with E-state index in [9.17, 15) is 9.36 Å². The van der Waals surface area contributed by atoms with Crippen LogP contribution in [0.25, 0.3) is 0 Å². The molecule has 0 saturated heterocycles. The Kier molecular flexibility index (Phi) is 4.75. The lowest BCUT2D eigenvalue weighted by Crippen LogP contribution is -2.18. The van der Waals surface area contributed by atoms with Gasteiger partial charge in [0.15, 0.2) is 13.5 Å². The maximum Gasteiger partial charge on any atom is 0.303 e. The summed E-state index contributed by atoms with van der Waals surface area (Å²) in [7, 11) is -1.51. The third kappa shape index (κ3) is 5.45. The molecule has 0 heterocycles. The van der Waals surface area contributed by atoms with Crippen molar-refractivity contribution < 1.29 is 18.5 Å². The molecule has 0 bridgehead atoms. The van der Waals surface area contributed by atoms with Crippen molar-refractivity contribution in [3.8, 4) is 6.07 Å². The molecule has 5 nitrogen and oxygen atoms in total. The van der Waals surface area contributed by atoms with Gasteiger partial charge in [0.25, 0.3) is 8.05 Å². The van der Waals surface area contributed by atoms with Crippen molar-refractivity contribution in [2.75, 3.05) is 12.8 Å². The molecule has 0 amide bonds. The van der Waals surface area contributed by atoms with Gasteiger partial charge in [0, 0.05) is 13.6 Å². The van der Waals surface area contributed by atoms with Crippen molar-refractivity contribution in [3.63, 3.8) is 0 Å². The smallest absolute Gasteiger partial charge is 0.303 e. The van der Waals surface area contributed by atoms with Crippen LogP contribution in [0.4, 0.5) is 0 Å². The van der Waals surface area contributed by atoms with E-state index in [4.69, 9.17) is 5.26 Å². The first kappa shape index (κ1) is 12.2. The van der Waals surface area contributed by atoms with Crippen LogP contribution in [-0.4, -0.2) is 32.9 Å². The van der Waals surface area contributed by atoms with Crippen molar-refractivity contribution in [2.24, 2.45) is 0 Å². The first-order chi connectivity index (χ1) is 5.91. The standard InChI is InChI=1S/C6H11BNO4P/c1-5(9)11-6(3-8)4-13(2,10)12-7/h6H,4,7H2,1-2H3. The number of carbonyl (C=O) groups is 1. The van der Waals surface area contributed by atoms with E-state index in [1.54, 1.807) is 6.07 Å². The molecule has 0 aliphatic carbocycles. The summed E-state index contributed by atoms with van der Waals surface area (Å²) < 4.78 is 20.6. The zero-order valence-corrected chi connectivity index (χ0v) is 8.71. The van der Waals surface area contributed by atoms with Crippen molar-refractivity contribution in [1.82, 2.24) is 0 Å². The Morgan fingerprint density at radius 3 is 2.62 bits per heavy atom. The number of esters is 1. The van der Waals surface area contributed by atoms with Crippen molar-refractivity contribution in [3.05, 3.63) is 0 Å². The maximum atomic E-state index is 11.4. The predicted octanol–water partition coefficient (Wildman–Crippen LogP) is -0.0857. The third-order valence-electron chi connectivity index (χ3n) is 1.34. The van der Waals surface area contributed by atoms with E-state index in [1.165, 1.54) is 21.6 Å². The van der Waals surface area contributed by atoms with Gasteiger partial charge in [0.05, 0.1) is 6.16 Å². The topological polar surface area (TPSA) is 76.4 Å². The van der Waals surface area contributed by atoms with Crippen molar-refractivity contribution in [2.45, 2.75) is 13.0 Å². The van der Waals surface area contributed by atoms with E-state index in [-0.39, 0.29) is 6.16 Å². The maximum absolute atomic E-state index is 11.4. The van der Waals surface area contributed by atoms with E-state index in [0.29, 0.717) is 0 Å². The molecule has 13 heavy (non-hydrogen) atoms. The second-order valence-electron chi connectivity index (χ2n) is 2.61. The summed E-state index contributed by atoms with van der Waals surface area (Å²) in [6.07, 6.45) is -1.06. The van der Waals surface area contributed by atoms with Crippen LogP contribution in [0.5, 0.6) is 0 Å². The van der Waals surface area contributed by atoms with Gasteiger partial charge in [-0.1, -0.05) is 0 Å². The van der Waals surface area contributed by atoms with Crippen LogP contribution in [0.2, 0.25) is 0 Å². The van der Waals surface area contributed by atoms with Crippen LogP contribution < -0.4 is 0 Å². The van der Waals surface area contributed by atoms with Gasteiger partial charge in [-0.15, -0.1) is 0 Å². The Hall–Kier alpha value is -0.785. The summed E-state index contributed by atoms with van der Waals surface area (Å²) in [6.45, 7) is 2.58. The van der Waals surface area contributed by atoms with Gasteiger partial charge in [-0.05, 0) is 0 Å². The molecule has 0 spiro atoms. The summed E-state index contributed by atoms with van der Waals surface area (Å²) in [5.41, 5.74) is 0. The fraction of sp³-hybridized carbons (Fsp3) is 0.667. The Bertz CT molecular complexity index is 274. The Morgan fingerprint density at radius 1 is 1.77 bits per heavy atom. The highest BCUT2D eigenvalue weighted by Crippen LogP contribution is 2.41. The quantitative estimate of drug-likeness (QED) is 0.362. The van der Waals surface area contributed by atoms with Gasteiger partial charge in [-0.2, -0.15) is 5.26 Å². The largest absolute Gasteiger partial charge is 0.447 e. The molecule has 0 aromatic heterocycles. The number of rotatable bonds is 4. The van der Waals surface area contributed by atoms with Crippen LogP contribution in [0, 0.1) is 11.3 Å². The highest BCUT2D eigenvalue weighted by Gasteiger charge is 2.22. The number of nitriles is 1. The summed E-state index contributed by atoms with van der Waals surface area (Å²) in [5, 5.41) is 8.53. The number of hydrogen-bond donors (Lipinski definition) is 0. The fourth-order valence-corrected chi connectivity index (χ4v) is 1.59. The zero-order valence-electron chi connectivity index (χ0n) is 7.81. The summed E-state index contributed by atoms with van der Waals surface area (Å²) in [5.74, 6) is -0.567. The van der Waals surface area contributed by atoms with Gasteiger partial charge in [-0.25, -0.2) is 0 Å². The summed E-state index contributed by atoms with van der Waals surface area (Å²) in [6, 6.07) is 1.73. The molecule has 0 aromatic carbocycles. The molecule has 2 unspecified atom stereocenters. The number of ether oxygens (including phenoxy) is 1. The molecule has 0 aromatic rings. The molecule has 72 valence electrons.